The molecule has 1 rings (SSSR count). The Hall–Kier alpha value is -1.42. The second-order valence-electron chi connectivity index (χ2n) is 5.33. The molecule has 0 amide bonds. The first-order valence-corrected chi connectivity index (χ1v) is 7.17. The van der Waals surface area contributed by atoms with Gasteiger partial charge in [-0.3, -0.25) is 9.69 Å². The third-order valence-corrected chi connectivity index (χ3v) is 3.64. The van der Waals surface area contributed by atoms with Crippen molar-refractivity contribution in [1.82, 2.24) is 4.90 Å². The topological polar surface area (TPSA) is 40.5 Å². The fourth-order valence-electron chi connectivity index (χ4n) is 2.48. The van der Waals surface area contributed by atoms with Crippen LogP contribution in [0.3, 0.4) is 0 Å². The van der Waals surface area contributed by atoms with E-state index in [-0.39, 0.29) is 12.2 Å². The van der Waals surface area contributed by atoms with E-state index < -0.39 is 11.5 Å². The Morgan fingerprint density at radius 1 is 1.25 bits per heavy atom. The van der Waals surface area contributed by atoms with Crippen LogP contribution in [0, 0.1) is 5.82 Å². The highest BCUT2D eigenvalue weighted by molar-refractivity contribution is 5.78. The molecule has 0 spiro atoms. The van der Waals surface area contributed by atoms with E-state index >= 15 is 0 Å². The quantitative estimate of drug-likeness (QED) is 0.794. The van der Waals surface area contributed by atoms with Crippen molar-refractivity contribution in [3.05, 3.63) is 35.6 Å². The molecular formula is C16H24FNO2. The summed E-state index contributed by atoms with van der Waals surface area (Å²) in [5, 5.41) is 9.64. The van der Waals surface area contributed by atoms with E-state index in [9.17, 15) is 14.3 Å². The number of aliphatic carboxylic acids is 1. The summed E-state index contributed by atoms with van der Waals surface area (Å²) in [5.74, 6) is -1.24. The molecule has 112 valence electrons. The number of hydrogen-bond donors (Lipinski definition) is 1. The summed E-state index contributed by atoms with van der Waals surface area (Å²) in [6, 6.07) is 6.39. The van der Waals surface area contributed by atoms with Crippen molar-refractivity contribution in [2.45, 2.75) is 45.6 Å². The number of carboxylic acid groups (broad SMARTS) is 1. The summed E-state index contributed by atoms with van der Waals surface area (Å²) in [5.41, 5.74) is -0.622. The predicted octanol–water partition coefficient (Wildman–Crippen LogP) is 3.33. The van der Waals surface area contributed by atoms with Crippen molar-refractivity contribution >= 4 is 5.97 Å². The van der Waals surface area contributed by atoms with Gasteiger partial charge in [-0.2, -0.15) is 0 Å². The number of rotatable bonds is 8. The van der Waals surface area contributed by atoms with Crippen molar-refractivity contribution in [3.8, 4) is 0 Å². The molecule has 0 bridgehead atoms. The molecule has 1 atom stereocenters. The van der Waals surface area contributed by atoms with Crippen molar-refractivity contribution in [3.63, 3.8) is 0 Å². The third kappa shape index (κ3) is 3.79. The zero-order chi connectivity index (χ0) is 15.2. The van der Waals surface area contributed by atoms with Crippen molar-refractivity contribution in [1.29, 1.82) is 0 Å². The van der Waals surface area contributed by atoms with E-state index in [1.807, 2.05) is 18.7 Å². The Morgan fingerprint density at radius 2 is 1.80 bits per heavy atom. The fraction of sp³-hybridized carbons (Fsp3) is 0.562. The number of carboxylic acids is 1. The maximum atomic E-state index is 13.8. The molecule has 0 aliphatic heterocycles. The van der Waals surface area contributed by atoms with Crippen LogP contribution in [0.1, 0.15) is 39.2 Å². The molecular weight excluding hydrogens is 257 g/mol. The van der Waals surface area contributed by atoms with Crippen LogP contribution < -0.4 is 0 Å². The zero-order valence-corrected chi connectivity index (χ0v) is 12.5. The summed E-state index contributed by atoms with van der Waals surface area (Å²) in [4.78, 5) is 13.7. The number of halogens is 1. The molecule has 0 saturated carbocycles. The van der Waals surface area contributed by atoms with Gasteiger partial charge in [-0.1, -0.05) is 32.0 Å². The Labute approximate surface area is 120 Å². The van der Waals surface area contributed by atoms with Crippen LogP contribution in [-0.4, -0.2) is 34.6 Å². The van der Waals surface area contributed by atoms with Crippen molar-refractivity contribution < 1.29 is 14.3 Å². The molecule has 0 heterocycles. The first-order chi connectivity index (χ1) is 9.45. The van der Waals surface area contributed by atoms with Crippen LogP contribution in [0.25, 0.3) is 0 Å². The lowest BCUT2D eigenvalue weighted by atomic mass is 9.90. The van der Waals surface area contributed by atoms with Crippen LogP contribution in [-0.2, 0) is 11.2 Å². The largest absolute Gasteiger partial charge is 0.480 e. The minimum absolute atomic E-state index is 0.176. The Kier molecular flexibility index (Phi) is 6.14. The zero-order valence-electron chi connectivity index (χ0n) is 12.5. The summed E-state index contributed by atoms with van der Waals surface area (Å²) in [6.07, 6.45) is 1.93. The molecule has 1 aromatic rings. The smallest absolute Gasteiger partial charge is 0.324 e. The van der Waals surface area contributed by atoms with E-state index in [0.717, 1.165) is 12.8 Å². The maximum absolute atomic E-state index is 13.8. The Morgan fingerprint density at radius 3 is 2.25 bits per heavy atom. The van der Waals surface area contributed by atoms with Crippen LogP contribution in [0.15, 0.2) is 24.3 Å². The molecule has 1 unspecified atom stereocenters. The summed E-state index contributed by atoms with van der Waals surface area (Å²) in [7, 11) is 0. The van der Waals surface area contributed by atoms with Gasteiger partial charge in [0.2, 0.25) is 0 Å². The predicted molar refractivity (Wildman–Crippen MR) is 78.3 cm³/mol. The Balaban J connectivity index is 3.07. The maximum Gasteiger partial charge on any atom is 0.324 e. The monoisotopic (exact) mass is 281 g/mol. The lowest BCUT2D eigenvalue weighted by Crippen LogP contribution is -2.54. The second-order valence-corrected chi connectivity index (χ2v) is 5.33. The van der Waals surface area contributed by atoms with E-state index in [0.29, 0.717) is 18.7 Å². The second kappa shape index (κ2) is 7.39. The van der Waals surface area contributed by atoms with Gasteiger partial charge in [-0.15, -0.1) is 0 Å². The van der Waals surface area contributed by atoms with E-state index in [1.54, 1.807) is 25.1 Å². The molecule has 1 N–H and O–H groups in total. The molecule has 0 fully saturated rings. The lowest BCUT2D eigenvalue weighted by Gasteiger charge is -2.38. The summed E-state index contributed by atoms with van der Waals surface area (Å²) >= 11 is 0. The molecule has 20 heavy (non-hydrogen) atoms. The highest BCUT2D eigenvalue weighted by Crippen LogP contribution is 2.24. The van der Waals surface area contributed by atoms with Gasteiger partial charge in [0.05, 0.1) is 0 Å². The van der Waals surface area contributed by atoms with E-state index in [4.69, 9.17) is 0 Å². The lowest BCUT2D eigenvalue weighted by molar-refractivity contribution is -0.150. The molecule has 0 radical (unpaired) electrons. The van der Waals surface area contributed by atoms with E-state index in [2.05, 4.69) is 0 Å². The summed E-state index contributed by atoms with van der Waals surface area (Å²) in [6.45, 7) is 7.13. The number of carbonyl (C=O) groups is 1. The SMILES string of the molecule is CCCN(CCC)C(C)(Cc1ccccc1F)C(=O)O. The van der Waals surface area contributed by atoms with Crippen molar-refractivity contribution in [2.24, 2.45) is 0 Å². The number of hydrogen-bond acceptors (Lipinski definition) is 2. The van der Waals surface area contributed by atoms with E-state index in [1.165, 1.54) is 6.07 Å². The highest BCUT2D eigenvalue weighted by Gasteiger charge is 2.39. The van der Waals surface area contributed by atoms with Crippen LogP contribution in [0.2, 0.25) is 0 Å². The summed E-state index contributed by atoms with van der Waals surface area (Å²) < 4.78 is 13.8. The normalized spacial score (nSPS) is 14.2. The van der Waals surface area contributed by atoms with Gasteiger partial charge in [-0.25, -0.2) is 4.39 Å². The van der Waals surface area contributed by atoms with Gasteiger partial charge in [0.15, 0.2) is 0 Å². The van der Waals surface area contributed by atoms with Gasteiger partial charge in [0.1, 0.15) is 11.4 Å². The molecule has 0 aliphatic rings. The molecule has 0 aromatic heterocycles. The van der Waals surface area contributed by atoms with Crippen LogP contribution in [0.4, 0.5) is 4.39 Å². The minimum atomic E-state index is -1.08. The van der Waals surface area contributed by atoms with Crippen LogP contribution >= 0.6 is 0 Å². The standard InChI is InChI=1S/C16H24FNO2/c1-4-10-18(11-5-2)16(3,15(19)20)12-13-8-6-7-9-14(13)17/h6-9H,4-5,10-12H2,1-3H3,(H,19,20). The average Bonchev–Trinajstić information content (AvgIpc) is 2.41. The van der Waals surface area contributed by atoms with Gasteiger partial charge in [0, 0.05) is 6.42 Å². The average molecular weight is 281 g/mol. The number of nitrogens with zero attached hydrogens (tertiary/aromatic N) is 1. The van der Waals surface area contributed by atoms with Crippen LogP contribution in [0.5, 0.6) is 0 Å². The molecule has 4 heteroatoms. The third-order valence-electron chi connectivity index (χ3n) is 3.64. The van der Waals surface area contributed by atoms with Gasteiger partial charge >= 0.3 is 5.97 Å². The Bertz CT molecular complexity index is 444. The molecule has 1 aromatic carbocycles. The molecule has 0 saturated heterocycles. The minimum Gasteiger partial charge on any atom is -0.480 e. The highest BCUT2D eigenvalue weighted by atomic mass is 19.1. The van der Waals surface area contributed by atoms with Gasteiger partial charge < -0.3 is 5.11 Å². The van der Waals surface area contributed by atoms with Gasteiger partial charge in [-0.05, 0) is 44.5 Å². The van der Waals surface area contributed by atoms with Crippen molar-refractivity contribution in [2.75, 3.05) is 13.1 Å². The number of benzene rings is 1. The first-order valence-electron chi connectivity index (χ1n) is 7.17. The van der Waals surface area contributed by atoms with Gasteiger partial charge in [0.25, 0.3) is 0 Å². The molecule has 0 aliphatic carbocycles. The fourth-order valence-corrected chi connectivity index (χ4v) is 2.48. The molecule has 3 nitrogen and oxygen atoms in total. The first kappa shape index (κ1) is 16.6.